The number of halogens is 1. The Morgan fingerprint density at radius 2 is 1.71 bits per heavy atom. The first-order valence-electron chi connectivity index (χ1n) is 11.9. The molecule has 34 heavy (non-hydrogen) atoms. The molecule has 1 aliphatic heterocycles. The van der Waals surface area contributed by atoms with Gasteiger partial charge in [-0.25, -0.2) is 9.78 Å². The average molecular weight is 475 g/mol. The van der Waals surface area contributed by atoms with Gasteiger partial charge in [0.15, 0.2) is 6.61 Å². The third-order valence-electron chi connectivity index (χ3n) is 6.64. The highest BCUT2D eigenvalue weighted by Gasteiger charge is 2.28. The molecular weight excluding hydrogens is 448 g/mol. The van der Waals surface area contributed by atoms with Gasteiger partial charge in [0.2, 0.25) is 0 Å². The second-order valence-electron chi connectivity index (χ2n) is 8.92. The zero-order valence-electron chi connectivity index (χ0n) is 19.1. The molecule has 0 radical (unpaired) electrons. The van der Waals surface area contributed by atoms with Crippen molar-refractivity contribution in [3.05, 3.63) is 75.9 Å². The summed E-state index contributed by atoms with van der Waals surface area (Å²) in [5.41, 5.74) is 5.12. The molecule has 5 nitrogen and oxygen atoms in total. The Morgan fingerprint density at radius 3 is 2.47 bits per heavy atom. The van der Waals surface area contributed by atoms with Crippen LogP contribution in [0.3, 0.4) is 0 Å². The molecule has 0 unspecified atom stereocenters. The molecule has 1 aromatic heterocycles. The van der Waals surface area contributed by atoms with Crippen molar-refractivity contribution in [2.24, 2.45) is 0 Å². The van der Waals surface area contributed by atoms with Crippen LogP contribution in [0, 0.1) is 0 Å². The van der Waals surface area contributed by atoms with E-state index in [1.54, 1.807) is 0 Å². The van der Waals surface area contributed by atoms with Crippen LogP contribution in [-0.4, -0.2) is 41.5 Å². The van der Waals surface area contributed by atoms with E-state index < -0.39 is 5.97 Å². The Morgan fingerprint density at radius 1 is 0.971 bits per heavy atom. The number of likely N-dealkylation sites (tertiary alicyclic amines) is 1. The van der Waals surface area contributed by atoms with Crippen LogP contribution in [0.5, 0.6) is 0 Å². The first kappa shape index (κ1) is 22.6. The van der Waals surface area contributed by atoms with Gasteiger partial charge in [0, 0.05) is 23.5 Å². The third kappa shape index (κ3) is 4.71. The summed E-state index contributed by atoms with van der Waals surface area (Å²) in [5, 5.41) is 1.46. The number of aromatic nitrogens is 1. The van der Waals surface area contributed by atoms with Crippen LogP contribution in [0.15, 0.2) is 48.5 Å². The number of fused-ring (bicyclic) bond motifs is 2. The van der Waals surface area contributed by atoms with Crippen molar-refractivity contribution in [2.45, 2.75) is 38.5 Å². The smallest absolute Gasteiger partial charge is 0.339 e. The van der Waals surface area contributed by atoms with Gasteiger partial charge in [0.05, 0.1) is 16.8 Å². The van der Waals surface area contributed by atoms with Gasteiger partial charge < -0.3 is 9.64 Å². The minimum atomic E-state index is -0.453. The largest absolute Gasteiger partial charge is 0.452 e. The van der Waals surface area contributed by atoms with E-state index in [-0.39, 0.29) is 12.5 Å². The average Bonchev–Trinajstić information content (AvgIpc) is 3.06. The fraction of sp³-hybridized carbons (Fsp3) is 0.321. The monoisotopic (exact) mass is 474 g/mol. The van der Waals surface area contributed by atoms with Crippen LogP contribution in [0.1, 0.15) is 59.3 Å². The molecule has 1 saturated heterocycles. The van der Waals surface area contributed by atoms with Gasteiger partial charge in [-0.1, -0.05) is 54.8 Å². The molecule has 1 aliphatic carbocycles. The normalized spacial score (nSPS) is 17.0. The molecule has 0 bridgehead atoms. The summed E-state index contributed by atoms with van der Waals surface area (Å²) in [6.07, 6.45) is 7.89. The first-order valence-corrected chi connectivity index (χ1v) is 12.3. The van der Waals surface area contributed by atoms with Crippen LogP contribution in [0.2, 0.25) is 5.02 Å². The number of esters is 1. The highest BCUT2D eigenvalue weighted by molar-refractivity contribution is 6.30. The summed E-state index contributed by atoms with van der Waals surface area (Å²) in [5.74, 6) is -0.570. The summed E-state index contributed by atoms with van der Waals surface area (Å²) in [4.78, 5) is 32.7. The maximum absolute atomic E-state index is 13.3. The predicted molar refractivity (Wildman–Crippen MR) is 135 cm³/mol. The topological polar surface area (TPSA) is 59.5 Å². The van der Waals surface area contributed by atoms with Crippen molar-refractivity contribution in [3.63, 3.8) is 0 Å². The van der Waals surface area contributed by atoms with Crippen molar-refractivity contribution in [3.8, 4) is 0 Å². The molecule has 0 N–H and O–H groups in total. The molecule has 5 rings (SSSR count). The third-order valence-corrected chi connectivity index (χ3v) is 6.89. The van der Waals surface area contributed by atoms with Gasteiger partial charge in [-0.2, -0.15) is 0 Å². The van der Waals surface area contributed by atoms with Crippen LogP contribution < -0.4 is 0 Å². The van der Waals surface area contributed by atoms with E-state index >= 15 is 0 Å². The van der Waals surface area contributed by atoms with Crippen molar-refractivity contribution in [1.82, 2.24) is 9.88 Å². The van der Waals surface area contributed by atoms with Crippen molar-refractivity contribution in [1.29, 1.82) is 0 Å². The molecular formula is C28H27ClN2O3. The Kier molecular flexibility index (Phi) is 6.63. The Hall–Kier alpha value is -3.18. The molecule has 0 spiro atoms. The first-order chi connectivity index (χ1) is 16.6. The lowest BCUT2D eigenvalue weighted by Crippen LogP contribution is -2.35. The quantitative estimate of drug-likeness (QED) is 0.439. The number of pyridine rings is 1. The Balaban J connectivity index is 1.44. The lowest BCUT2D eigenvalue weighted by Gasteiger charge is -2.20. The SMILES string of the molecule is O=C(OCC(=O)N1CCCCCC1)c1c2c(nc3ccccc13)C(=Cc1ccc(Cl)cc1)CC2. The molecule has 0 saturated carbocycles. The number of carbonyl (C=O) groups is 2. The number of amides is 1. The number of allylic oxidation sites excluding steroid dienone is 1. The second-order valence-corrected chi connectivity index (χ2v) is 9.36. The van der Waals surface area contributed by atoms with E-state index in [2.05, 4.69) is 6.08 Å². The predicted octanol–water partition coefficient (Wildman–Crippen LogP) is 5.93. The lowest BCUT2D eigenvalue weighted by molar-refractivity contribution is -0.134. The zero-order chi connectivity index (χ0) is 23.5. The van der Waals surface area contributed by atoms with Crippen LogP contribution >= 0.6 is 11.6 Å². The molecule has 6 heteroatoms. The van der Waals surface area contributed by atoms with Gasteiger partial charge >= 0.3 is 5.97 Å². The molecule has 3 aromatic rings. The summed E-state index contributed by atoms with van der Waals surface area (Å²) >= 11 is 6.03. The second kappa shape index (κ2) is 9.98. The van der Waals surface area contributed by atoms with Crippen molar-refractivity contribution in [2.75, 3.05) is 19.7 Å². The van der Waals surface area contributed by atoms with Gasteiger partial charge in [-0.15, -0.1) is 0 Å². The van der Waals surface area contributed by atoms with Gasteiger partial charge in [-0.3, -0.25) is 4.79 Å². The number of para-hydroxylation sites is 1. The van der Waals surface area contributed by atoms with Gasteiger partial charge in [-0.05, 0) is 66.7 Å². The lowest BCUT2D eigenvalue weighted by atomic mass is 10.0. The van der Waals surface area contributed by atoms with Crippen molar-refractivity contribution < 1.29 is 14.3 Å². The number of rotatable bonds is 4. The van der Waals surface area contributed by atoms with Gasteiger partial charge in [0.25, 0.3) is 5.91 Å². The summed E-state index contributed by atoms with van der Waals surface area (Å²) in [7, 11) is 0. The van der Waals surface area contributed by atoms with E-state index in [9.17, 15) is 9.59 Å². The number of ether oxygens (including phenoxy) is 1. The minimum absolute atomic E-state index is 0.117. The highest BCUT2D eigenvalue weighted by atomic mass is 35.5. The molecule has 2 heterocycles. The Bertz CT molecular complexity index is 1260. The van der Waals surface area contributed by atoms with Crippen LogP contribution in [-0.2, 0) is 16.0 Å². The van der Waals surface area contributed by atoms with Crippen molar-refractivity contribution >= 4 is 46.0 Å². The summed E-state index contributed by atoms with van der Waals surface area (Å²) in [6.45, 7) is 1.25. The molecule has 1 fully saturated rings. The molecule has 0 atom stereocenters. The van der Waals surface area contributed by atoms with Crippen LogP contribution in [0.4, 0.5) is 0 Å². The molecule has 2 aromatic carbocycles. The highest BCUT2D eigenvalue weighted by Crippen LogP contribution is 2.38. The fourth-order valence-electron chi connectivity index (χ4n) is 4.88. The van der Waals surface area contributed by atoms with E-state index in [0.717, 1.165) is 78.5 Å². The maximum atomic E-state index is 13.3. The Labute approximate surface area is 204 Å². The number of nitrogens with zero attached hydrogens (tertiary/aromatic N) is 2. The number of benzene rings is 2. The molecule has 174 valence electrons. The zero-order valence-corrected chi connectivity index (χ0v) is 19.8. The summed E-state index contributed by atoms with van der Waals surface area (Å²) < 4.78 is 5.59. The molecule has 2 aliphatic rings. The minimum Gasteiger partial charge on any atom is -0.452 e. The summed E-state index contributed by atoms with van der Waals surface area (Å²) in [6, 6.07) is 15.3. The number of carbonyl (C=O) groups excluding carboxylic acids is 2. The van der Waals surface area contributed by atoms with E-state index in [1.807, 2.05) is 53.4 Å². The fourth-order valence-corrected chi connectivity index (χ4v) is 5.01. The standard InChI is InChI=1S/C28H27ClN2O3/c29-21-12-9-19(10-13-21)17-20-11-14-23-26(22-7-3-4-8-24(22)30-27(20)23)28(33)34-18-25(32)31-15-5-1-2-6-16-31/h3-4,7-10,12-13,17H,1-2,5-6,11,14-16,18H2. The maximum Gasteiger partial charge on any atom is 0.339 e. The van der Waals surface area contributed by atoms with E-state index in [4.69, 9.17) is 21.3 Å². The van der Waals surface area contributed by atoms with Gasteiger partial charge in [0.1, 0.15) is 0 Å². The van der Waals surface area contributed by atoms with E-state index in [0.29, 0.717) is 17.0 Å². The van der Waals surface area contributed by atoms with Crippen LogP contribution in [0.25, 0.3) is 22.6 Å². The van der Waals surface area contributed by atoms with E-state index in [1.165, 1.54) is 0 Å². The number of hydrogen-bond acceptors (Lipinski definition) is 4. The molecule has 1 amide bonds. The number of hydrogen-bond donors (Lipinski definition) is 0.